The van der Waals surface area contributed by atoms with Crippen molar-refractivity contribution in [2.75, 3.05) is 9.80 Å². The van der Waals surface area contributed by atoms with E-state index in [0.717, 1.165) is 39.8 Å². The van der Waals surface area contributed by atoms with Crippen molar-refractivity contribution in [3.05, 3.63) is 424 Å². The number of rotatable bonds is 15. The number of aromatic nitrogens is 1. The summed E-state index contributed by atoms with van der Waals surface area (Å²) < 4.78 is 2.63. The Labute approximate surface area is 656 Å². The van der Waals surface area contributed by atoms with Crippen LogP contribution in [-0.2, 0) is 10.8 Å². The fraction of sp³-hybridized carbons (Fsp3) is 0.0769. The molecule has 7 heteroatoms. The van der Waals surface area contributed by atoms with Gasteiger partial charge in [0, 0.05) is 44.9 Å². The number of nitrogens with zero attached hydrogens (tertiary/aromatic N) is 3. The molecule has 2 aliphatic rings. The fourth-order valence-corrected chi connectivity index (χ4v) is 33.4. The van der Waals surface area contributed by atoms with Crippen LogP contribution in [0.5, 0.6) is 0 Å². The number of para-hydroxylation sites is 1. The summed E-state index contributed by atoms with van der Waals surface area (Å²) >= 11 is 0. The molecule has 2 aliphatic heterocycles. The van der Waals surface area contributed by atoms with Crippen molar-refractivity contribution < 1.29 is 0 Å². The Kier molecular flexibility index (Phi) is 17.2. The van der Waals surface area contributed by atoms with Gasteiger partial charge in [0.05, 0.1) is 16.7 Å². The lowest BCUT2D eigenvalue weighted by Gasteiger charge is -2.46. The van der Waals surface area contributed by atoms with E-state index in [9.17, 15) is 0 Å². The highest BCUT2D eigenvalue weighted by Gasteiger charge is 2.50. The van der Waals surface area contributed by atoms with Crippen LogP contribution < -0.4 is 88.4 Å². The van der Waals surface area contributed by atoms with Crippen molar-refractivity contribution in [1.82, 2.24) is 4.57 Å². The number of anilines is 6. The first-order valence-corrected chi connectivity index (χ1v) is 45.2. The summed E-state index contributed by atoms with van der Waals surface area (Å²) in [5.41, 5.74) is 16.3. The topological polar surface area (TPSA) is 11.4 Å². The van der Waals surface area contributed by atoms with Crippen LogP contribution in [0.4, 0.5) is 34.1 Å². The quantitative estimate of drug-likeness (QED) is 0.0749. The summed E-state index contributed by atoms with van der Waals surface area (Å²) in [6, 6.07) is 160. The molecule has 0 fully saturated rings. The van der Waals surface area contributed by atoms with E-state index in [0.29, 0.717) is 0 Å². The van der Waals surface area contributed by atoms with Crippen molar-refractivity contribution in [2.24, 2.45) is 0 Å². The van der Waals surface area contributed by atoms with Crippen molar-refractivity contribution in [1.29, 1.82) is 0 Å². The van der Waals surface area contributed by atoms with E-state index in [-0.39, 0.29) is 17.5 Å². The minimum Gasteiger partial charge on any atom is -0.311 e. The Morgan fingerprint density at radius 2 is 0.486 bits per heavy atom. The van der Waals surface area contributed by atoms with Gasteiger partial charge in [-0.2, -0.15) is 0 Å². The summed E-state index contributed by atoms with van der Waals surface area (Å²) in [4.78, 5) is 5.35. The molecule has 0 N–H and O–H groups in total. The monoisotopic (exact) mass is 1470 g/mol. The number of hydrogen-bond donors (Lipinski definition) is 0. The number of fused-ring (bicyclic) bond motifs is 7. The zero-order valence-electron chi connectivity index (χ0n) is 63.7. The fourth-order valence-electron chi connectivity index (χ4n) is 19.0. The van der Waals surface area contributed by atoms with Crippen LogP contribution in [0.1, 0.15) is 52.7 Å². The van der Waals surface area contributed by atoms with Crippen molar-refractivity contribution in [3.63, 3.8) is 0 Å². The average Bonchev–Trinajstić information content (AvgIpc) is 0.790. The Balaban J connectivity index is 1.00. The third-order valence-electron chi connectivity index (χ3n) is 24.1. The summed E-state index contributed by atoms with van der Waals surface area (Å²) in [6.45, 7) is 13.8. The normalized spacial score (nSPS) is 12.9. The summed E-state index contributed by atoms with van der Waals surface area (Å²) in [5, 5.41) is 18.4. The molecule has 16 aromatic carbocycles. The summed E-state index contributed by atoms with van der Waals surface area (Å²) in [5.74, 6) is 0. The van der Waals surface area contributed by atoms with Crippen LogP contribution in [0, 0.1) is 0 Å². The molecule has 0 bridgehead atoms. The molecular formula is C104H86BN3Si3. The van der Waals surface area contributed by atoms with Crippen molar-refractivity contribution in [2.45, 2.75) is 52.4 Å². The Morgan fingerprint density at radius 3 is 0.793 bits per heavy atom. The smallest absolute Gasteiger partial charge is 0.252 e. The van der Waals surface area contributed by atoms with Crippen LogP contribution in [0.3, 0.4) is 0 Å². The molecular weight excluding hydrogens is 1390 g/mol. The highest BCUT2D eigenvalue weighted by atomic mass is 28.3. The van der Waals surface area contributed by atoms with E-state index in [1.54, 1.807) is 0 Å². The van der Waals surface area contributed by atoms with Gasteiger partial charge in [-0.25, -0.2) is 0 Å². The second kappa shape index (κ2) is 27.6. The largest absolute Gasteiger partial charge is 0.311 e. The summed E-state index contributed by atoms with van der Waals surface area (Å²) in [7, 11) is -9.55. The number of benzene rings is 16. The first kappa shape index (κ1) is 69.1. The van der Waals surface area contributed by atoms with Gasteiger partial charge in [-0.3, -0.25) is 0 Å². The maximum atomic E-state index is 2.72. The summed E-state index contributed by atoms with van der Waals surface area (Å²) in [6.07, 6.45) is 0. The van der Waals surface area contributed by atoms with Crippen LogP contribution >= 0.6 is 0 Å². The molecule has 0 spiro atoms. The Hall–Kier alpha value is -12.4. The van der Waals surface area contributed by atoms with Gasteiger partial charge >= 0.3 is 0 Å². The second-order valence-electron chi connectivity index (χ2n) is 32.3. The zero-order valence-corrected chi connectivity index (χ0v) is 66.7. The van der Waals surface area contributed by atoms with Crippen LogP contribution in [0.2, 0.25) is 0 Å². The van der Waals surface area contributed by atoms with Crippen LogP contribution in [0.25, 0.3) is 27.5 Å². The molecule has 0 unspecified atom stereocenters. The second-order valence-corrected chi connectivity index (χ2v) is 43.7. The molecule has 0 atom stereocenters. The third-order valence-corrected chi connectivity index (χ3v) is 38.4. The first-order chi connectivity index (χ1) is 54.3. The van der Waals surface area contributed by atoms with Gasteiger partial charge < -0.3 is 14.4 Å². The average molecular weight is 1470 g/mol. The van der Waals surface area contributed by atoms with Crippen molar-refractivity contribution >= 4 is 165 Å². The van der Waals surface area contributed by atoms with Crippen molar-refractivity contribution in [3.8, 4) is 5.69 Å². The van der Waals surface area contributed by atoms with E-state index in [1.807, 2.05) is 0 Å². The standard InChI is InChI=1S/C104H86BN3Si3/c1-103(2,3)75-60-64-92-93-65-61-76(104(4,5)6)69-99(93)108(98(92)68-75)79-71-100-102-101(72-79)107(78-40-37-59-89(70-78)109(80-41-19-8-20-42-80,81-43-21-9-22-44-81)82-45-23-10-24-46-82)97-67-63-91(111(86-53-31-14-32-54-86,87-55-33-15-34-56-87)88-57-35-16-36-58-88)74-95(97)105(102)94-73-90(62-66-96(94)106(100)77-38-17-7-18-39-77)110(83-47-25-11-26-48-83,84-49-27-12-28-50-84)85-51-29-13-30-52-85/h7-74H,1-6H3. The van der Waals surface area contributed by atoms with Gasteiger partial charge in [0.1, 0.15) is 0 Å². The molecule has 1 aromatic heterocycles. The highest BCUT2D eigenvalue weighted by Crippen LogP contribution is 2.47. The van der Waals surface area contributed by atoms with Gasteiger partial charge in [-0.1, -0.05) is 393 Å². The molecule has 0 aliphatic carbocycles. The minimum atomic E-state index is -3.22. The highest BCUT2D eigenvalue weighted by molar-refractivity contribution is 7.21. The maximum Gasteiger partial charge on any atom is 0.252 e. The van der Waals surface area contributed by atoms with E-state index in [2.05, 4.69) is 468 Å². The predicted molar refractivity (Wildman–Crippen MR) is 483 cm³/mol. The van der Waals surface area contributed by atoms with E-state index < -0.39 is 24.2 Å². The molecule has 0 saturated carbocycles. The van der Waals surface area contributed by atoms with Gasteiger partial charge in [-0.15, -0.1) is 0 Å². The van der Waals surface area contributed by atoms with Gasteiger partial charge in [0.15, 0.2) is 24.2 Å². The molecule has 111 heavy (non-hydrogen) atoms. The van der Waals surface area contributed by atoms with Gasteiger partial charge in [-0.05, 0) is 161 Å². The van der Waals surface area contributed by atoms with Crippen LogP contribution in [0.15, 0.2) is 413 Å². The van der Waals surface area contributed by atoms with E-state index in [4.69, 9.17) is 0 Å². The van der Waals surface area contributed by atoms with Crippen LogP contribution in [-0.4, -0.2) is 35.5 Å². The molecule has 19 rings (SSSR count). The molecule has 3 heterocycles. The molecule has 17 aromatic rings. The first-order valence-electron chi connectivity index (χ1n) is 39.2. The molecule has 3 nitrogen and oxygen atoms in total. The zero-order chi connectivity index (χ0) is 75.1. The lowest BCUT2D eigenvalue weighted by molar-refractivity contribution is 0.591. The number of hydrogen-bond acceptors (Lipinski definition) is 2. The minimum absolute atomic E-state index is 0.125. The lowest BCUT2D eigenvalue weighted by Crippen LogP contribution is -2.76. The molecule has 0 amide bonds. The van der Waals surface area contributed by atoms with Gasteiger partial charge in [0.25, 0.3) is 6.71 Å². The lowest BCUT2D eigenvalue weighted by atomic mass is 9.33. The Bertz CT molecular complexity index is 5910. The van der Waals surface area contributed by atoms with E-state index in [1.165, 1.54) is 112 Å². The predicted octanol–water partition coefficient (Wildman–Crippen LogP) is 15.6. The molecule has 0 saturated heterocycles. The maximum absolute atomic E-state index is 3.22. The SMILES string of the molecule is CC(C)(C)c1ccc2c3ccc(C(C)(C)C)cc3n(-c3cc4c5c(c3)N(c3cccc([Si](c6ccccc6)(c6ccccc6)c6ccccc6)c3)c3ccc([Si](c6ccccc6)(c6ccccc6)c6ccccc6)cc3B5c3cc([Si](c5ccccc5)(c5ccccc5)c5ccccc5)ccc3N4c3ccccc3)c2c1. The third kappa shape index (κ3) is 11.3. The Morgan fingerprint density at radius 1 is 0.216 bits per heavy atom. The molecule has 532 valence electrons. The molecule has 0 radical (unpaired) electrons. The van der Waals surface area contributed by atoms with E-state index >= 15 is 0 Å². The van der Waals surface area contributed by atoms with Gasteiger partial charge in [0.2, 0.25) is 0 Å².